The van der Waals surface area contributed by atoms with Gasteiger partial charge in [-0.2, -0.15) is 10.2 Å². The minimum Gasteiger partial charge on any atom is -0.476 e. The third kappa shape index (κ3) is 8.07. The fourth-order valence-electron chi connectivity index (χ4n) is 9.33. The molecule has 0 unspecified atom stereocenters. The van der Waals surface area contributed by atoms with Crippen LogP contribution in [0.4, 0.5) is 16.2 Å². The number of ether oxygens (including phenoxy) is 2. The molecule has 10 rings (SSSR count). The molecule has 60 heavy (non-hydrogen) atoms. The Morgan fingerprint density at radius 3 is 1.50 bits per heavy atom. The van der Waals surface area contributed by atoms with Crippen LogP contribution in [0.25, 0.3) is 0 Å². The van der Waals surface area contributed by atoms with E-state index in [4.69, 9.17) is 43.5 Å². The van der Waals surface area contributed by atoms with Crippen molar-refractivity contribution in [2.24, 2.45) is 16.0 Å². The van der Waals surface area contributed by atoms with Crippen LogP contribution in [0.15, 0.2) is 22.2 Å². The molecule has 324 valence electrons. The van der Waals surface area contributed by atoms with Gasteiger partial charge in [0.2, 0.25) is 21.8 Å². The van der Waals surface area contributed by atoms with Gasteiger partial charge in [-0.1, -0.05) is 50.9 Å². The van der Waals surface area contributed by atoms with Gasteiger partial charge in [-0.05, 0) is 122 Å². The first-order valence-corrected chi connectivity index (χ1v) is 24.2. The lowest BCUT2D eigenvalue weighted by molar-refractivity contribution is 0.0970. The van der Waals surface area contributed by atoms with Crippen molar-refractivity contribution in [3.63, 3.8) is 0 Å². The lowest BCUT2D eigenvalue weighted by Crippen LogP contribution is -2.36. The number of nitrogens with two attached hydrogens (primary N) is 2. The van der Waals surface area contributed by atoms with Crippen molar-refractivity contribution >= 4 is 60.7 Å². The molecular formula is C41H52Cl2N8O7S2. The van der Waals surface area contributed by atoms with E-state index in [1.54, 1.807) is 0 Å². The highest BCUT2D eigenvalue weighted by atomic mass is 35.5. The zero-order valence-corrected chi connectivity index (χ0v) is 37.5. The second-order valence-electron chi connectivity index (χ2n) is 18.1. The SMILES string of the molecule is CC1(C)COc2c(S(=O)(=O)NC(=O)Nc3c4c(c(Cl)c5c3CCC5)CCC4)cnn2C1.CC1(C)COc2c(S(N)(=O)=O)cnn2C1.Nc1c2c(c(Cl)c3c1CCC3)CCC2. The number of benzene rings is 2. The smallest absolute Gasteiger partial charge is 0.333 e. The van der Waals surface area contributed by atoms with E-state index >= 15 is 0 Å². The van der Waals surface area contributed by atoms with E-state index in [9.17, 15) is 21.6 Å². The molecule has 0 saturated carbocycles. The van der Waals surface area contributed by atoms with E-state index in [2.05, 4.69) is 20.2 Å². The topological polar surface area (TPSA) is 216 Å². The number of primary sulfonamides is 1. The number of nitrogens with one attached hydrogen (secondary N) is 2. The van der Waals surface area contributed by atoms with E-state index < -0.39 is 26.1 Å². The molecule has 4 heterocycles. The maximum absolute atomic E-state index is 12.9. The number of hydrogen-bond donors (Lipinski definition) is 4. The molecule has 6 aliphatic rings. The van der Waals surface area contributed by atoms with Crippen molar-refractivity contribution in [1.82, 2.24) is 24.3 Å². The zero-order chi connectivity index (χ0) is 42.9. The number of rotatable bonds is 4. The molecule has 0 spiro atoms. The van der Waals surface area contributed by atoms with E-state index in [0.717, 1.165) is 108 Å². The monoisotopic (exact) mass is 902 g/mol. The first kappa shape index (κ1) is 42.7. The molecular weight excluding hydrogens is 852 g/mol. The fraction of sp³-hybridized carbons (Fsp3) is 0.537. The standard InChI is InChI=1S/C21H25ClN4O4S.C12H14ClN.C8H13N3O3S/c1-21(2)10-26-19(30-11-21)16(9-23-26)31(28,29)25-20(27)24-18-14-7-3-5-12(14)17(22)13-6-4-8-15(13)18;13-11-7-3-1-5-9(7)12(14)10-6-2-4-8(10)11;1-8(2)4-11-7(14-5-8)6(3-10-11)15(9,12)13/h9H,3-8,10-11H2,1-2H3,(H2,24,25,27);1-6,14H2;3H,4-5H2,1-2H3,(H2,9,12,13). The summed E-state index contributed by atoms with van der Waals surface area (Å²) in [7, 11) is -7.89. The number of sulfonamides is 2. The molecule has 0 atom stereocenters. The number of halogens is 2. The lowest BCUT2D eigenvalue weighted by atomic mass is 9.94. The molecule has 0 bridgehead atoms. The summed E-state index contributed by atoms with van der Waals surface area (Å²) < 4.78 is 64.4. The highest BCUT2D eigenvalue weighted by Gasteiger charge is 2.36. The Labute approximate surface area is 360 Å². The van der Waals surface area contributed by atoms with Crippen molar-refractivity contribution < 1.29 is 31.1 Å². The van der Waals surface area contributed by atoms with E-state index in [0.29, 0.717) is 26.3 Å². The van der Waals surface area contributed by atoms with Gasteiger partial charge in [-0.25, -0.2) is 40.9 Å². The molecule has 19 heteroatoms. The van der Waals surface area contributed by atoms with Crippen LogP contribution in [0, 0.1) is 10.8 Å². The highest BCUT2D eigenvalue weighted by molar-refractivity contribution is 7.90. The average Bonchev–Trinajstić information content (AvgIpc) is 4.02. The van der Waals surface area contributed by atoms with Crippen molar-refractivity contribution in [2.75, 3.05) is 24.3 Å². The largest absolute Gasteiger partial charge is 0.476 e. The lowest BCUT2D eigenvalue weighted by Gasteiger charge is -2.30. The van der Waals surface area contributed by atoms with Gasteiger partial charge >= 0.3 is 6.03 Å². The summed E-state index contributed by atoms with van der Waals surface area (Å²) in [6.07, 6.45) is 14.8. The van der Waals surface area contributed by atoms with Gasteiger partial charge in [-0.15, -0.1) is 0 Å². The number of nitrogen functional groups attached to an aromatic ring is 1. The Morgan fingerprint density at radius 1 is 0.667 bits per heavy atom. The molecule has 0 saturated heterocycles. The van der Waals surface area contributed by atoms with Gasteiger partial charge in [0.25, 0.3) is 10.0 Å². The quantitative estimate of drug-likeness (QED) is 0.168. The van der Waals surface area contributed by atoms with Crippen LogP contribution >= 0.6 is 23.2 Å². The van der Waals surface area contributed by atoms with Crippen molar-refractivity contribution in [1.29, 1.82) is 0 Å². The zero-order valence-electron chi connectivity index (χ0n) is 34.3. The van der Waals surface area contributed by atoms with Crippen LogP contribution in [-0.4, -0.2) is 55.6 Å². The van der Waals surface area contributed by atoms with Gasteiger partial charge in [0.1, 0.15) is 0 Å². The Kier molecular flexibility index (Phi) is 11.2. The molecule has 4 aliphatic carbocycles. The third-order valence-electron chi connectivity index (χ3n) is 12.1. The number of hydrogen-bond acceptors (Lipinski definition) is 10. The molecule has 6 N–H and O–H groups in total. The maximum atomic E-state index is 12.9. The molecule has 4 aromatic rings. The fourth-order valence-corrected chi connectivity index (χ4v) is 11.7. The number of carbonyl (C=O) groups is 1. The van der Waals surface area contributed by atoms with E-state index in [1.807, 2.05) is 27.7 Å². The van der Waals surface area contributed by atoms with Crippen LogP contribution in [0.2, 0.25) is 10.0 Å². The summed E-state index contributed by atoms with van der Waals surface area (Å²) in [6, 6.07) is -0.790. The number of urea groups is 1. The van der Waals surface area contributed by atoms with Gasteiger partial charge in [0.05, 0.1) is 38.7 Å². The van der Waals surface area contributed by atoms with E-state index in [1.165, 1.54) is 56.9 Å². The number of nitrogens with zero attached hydrogens (tertiary/aromatic N) is 4. The van der Waals surface area contributed by atoms with Gasteiger partial charge < -0.3 is 20.5 Å². The molecule has 0 radical (unpaired) electrons. The van der Waals surface area contributed by atoms with Crippen LogP contribution in [0.5, 0.6) is 11.8 Å². The summed E-state index contributed by atoms with van der Waals surface area (Å²) in [5.74, 6) is 0.407. The Morgan fingerprint density at radius 2 is 1.05 bits per heavy atom. The second kappa shape index (κ2) is 15.7. The van der Waals surface area contributed by atoms with Crippen LogP contribution < -0.4 is 30.4 Å². The van der Waals surface area contributed by atoms with Gasteiger partial charge in [-0.3, -0.25) is 0 Å². The average molecular weight is 904 g/mol. The number of anilines is 2. The normalized spacial score (nSPS) is 18.8. The summed E-state index contributed by atoms with van der Waals surface area (Å²) >= 11 is 13.0. The second-order valence-corrected chi connectivity index (χ2v) is 22.0. The van der Waals surface area contributed by atoms with Crippen molar-refractivity contribution in [3.8, 4) is 11.8 Å². The number of fused-ring (bicyclic) bond motifs is 6. The predicted octanol–water partition coefficient (Wildman–Crippen LogP) is 6.29. The van der Waals surface area contributed by atoms with E-state index in [-0.39, 0.29) is 32.4 Å². The number of amides is 2. The number of carbonyl (C=O) groups excluding carboxylic acids is 1. The first-order valence-electron chi connectivity index (χ1n) is 20.4. The Balaban J connectivity index is 0.000000142. The first-order chi connectivity index (χ1) is 28.2. The highest BCUT2D eigenvalue weighted by Crippen LogP contribution is 2.45. The number of aromatic nitrogens is 4. The van der Waals surface area contributed by atoms with Gasteiger partial charge in [0, 0.05) is 32.3 Å². The minimum absolute atomic E-state index is 0.0435. The molecule has 15 nitrogen and oxygen atoms in total. The maximum Gasteiger partial charge on any atom is 0.333 e. The van der Waals surface area contributed by atoms with Crippen molar-refractivity contribution in [3.05, 3.63) is 66.9 Å². The third-order valence-corrected chi connectivity index (χ3v) is 15.2. The Bertz CT molecular complexity index is 2530. The van der Waals surface area contributed by atoms with Crippen LogP contribution in [0.1, 0.15) is 97.9 Å². The Hall–Kier alpha value is -4.03. The summed E-state index contributed by atoms with van der Waals surface area (Å²) in [4.78, 5) is 12.6. The molecule has 2 aliphatic heterocycles. The summed E-state index contributed by atoms with van der Waals surface area (Å²) in [6.45, 7) is 10.1. The predicted molar refractivity (Wildman–Crippen MR) is 229 cm³/mol. The minimum atomic E-state index is -4.15. The summed E-state index contributed by atoms with van der Waals surface area (Å²) in [5.41, 5.74) is 17.4. The van der Waals surface area contributed by atoms with Crippen molar-refractivity contribution in [2.45, 2.75) is 128 Å². The molecule has 2 aromatic carbocycles. The molecule has 0 fully saturated rings. The molecule has 2 amide bonds. The summed E-state index contributed by atoms with van der Waals surface area (Å²) in [5, 5.41) is 17.8. The van der Waals surface area contributed by atoms with Crippen LogP contribution in [-0.2, 0) is 84.5 Å². The van der Waals surface area contributed by atoms with Crippen LogP contribution in [0.3, 0.4) is 0 Å². The molecule has 2 aromatic heterocycles. The van der Waals surface area contributed by atoms with Gasteiger partial charge in [0.15, 0.2) is 9.79 Å².